The number of hydrogen-bond acceptors (Lipinski definition) is 6. The molecule has 3 aliphatic heterocycles. The molecule has 3 saturated heterocycles. The highest BCUT2D eigenvalue weighted by molar-refractivity contribution is 8.01. The van der Waals surface area contributed by atoms with Gasteiger partial charge in [-0.1, -0.05) is 6.92 Å². The van der Waals surface area contributed by atoms with Crippen LogP contribution in [0.15, 0.2) is 0 Å². The zero-order valence-electron chi connectivity index (χ0n) is 13.4. The van der Waals surface area contributed by atoms with Gasteiger partial charge in [0.1, 0.15) is 11.5 Å². The van der Waals surface area contributed by atoms with E-state index in [4.69, 9.17) is 4.74 Å². The van der Waals surface area contributed by atoms with E-state index in [9.17, 15) is 9.59 Å². The highest BCUT2D eigenvalue weighted by Gasteiger charge is 2.43. The van der Waals surface area contributed by atoms with Gasteiger partial charge in [0, 0.05) is 37.3 Å². The van der Waals surface area contributed by atoms with Gasteiger partial charge < -0.3 is 9.64 Å². The third-order valence-electron chi connectivity index (χ3n) is 5.00. The van der Waals surface area contributed by atoms with Gasteiger partial charge in [-0.3, -0.25) is 19.8 Å². The second-order valence-corrected chi connectivity index (χ2v) is 8.16. The molecule has 0 aliphatic carbocycles. The van der Waals surface area contributed by atoms with Crippen molar-refractivity contribution < 1.29 is 14.3 Å². The van der Waals surface area contributed by atoms with E-state index in [2.05, 4.69) is 24.1 Å². The SMILES string of the molecule is COC(=O)C1CC(CN2CCN3C(=O)CC(C)NC23)C(C)S1. The van der Waals surface area contributed by atoms with Gasteiger partial charge in [0.25, 0.3) is 0 Å². The predicted molar refractivity (Wildman–Crippen MR) is 85.3 cm³/mol. The molecule has 0 aromatic rings. The van der Waals surface area contributed by atoms with Crippen LogP contribution in [0, 0.1) is 5.92 Å². The quantitative estimate of drug-likeness (QED) is 0.761. The van der Waals surface area contributed by atoms with Gasteiger partial charge in [-0.25, -0.2) is 0 Å². The first kappa shape index (κ1) is 16.1. The minimum atomic E-state index is -0.109. The molecular formula is C15H25N3O3S. The van der Waals surface area contributed by atoms with E-state index >= 15 is 0 Å². The predicted octanol–water partition coefficient (Wildman–Crippen LogP) is 0.479. The molecule has 1 N–H and O–H groups in total. The maximum absolute atomic E-state index is 12.1. The molecule has 7 heteroatoms. The number of carbonyl (C=O) groups excluding carboxylic acids is 2. The summed E-state index contributed by atoms with van der Waals surface area (Å²) in [5, 5.41) is 3.93. The van der Waals surface area contributed by atoms with Crippen molar-refractivity contribution in [2.24, 2.45) is 5.92 Å². The Labute approximate surface area is 135 Å². The smallest absolute Gasteiger partial charge is 0.318 e. The van der Waals surface area contributed by atoms with Crippen LogP contribution in [0.5, 0.6) is 0 Å². The molecule has 124 valence electrons. The van der Waals surface area contributed by atoms with Gasteiger partial charge >= 0.3 is 5.97 Å². The summed E-state index contributed by atoms with van der Waals surface area (Å²) in [6, 6.07) is 0.229. The van der Waals surface area contributed by atoms with Crippen molar-refractivity contribution in [3.63, 3.8) is 0 Å². The molecule has 3 rings (SSSR count). The molecule has 22 heavy (non-hydrogen) atoms. The fourth-order valence-corrected chi connectivity index (χ4v) is 5.22. The van der Waals surface area contributed by atoms with Gasteiger partial charge in [-0.15, -0.1) is 11.8 Å². The zero-order valence-corrected chi connectivity index (χ0v) is 14.3. The Hall–Kier alpha value is -0.790. The minimum Gasteiger partial charge on any atom is -0.468 e. The molecule has 6 nitrogen and oxygen atoms in total. The number of fused-ring (bicyclic) bond motifs is 1. The van der Waals surface area contributed by atoms with E-state index < -0.39 is 0 Å². The summed E-state index contributed by atoms with van der Waals surface area (Å²) >= 11 is 1.72. The summed E-state index contributed by atoms with van der Waals surface area (Å²) in [6.07, 6.45) is 1.49. The normalized spacial score (nSPS) is 39.1. The Morgan fingerprint density at radius 3 is 2.91 bits per heavy atom. The van der Waals surface area contributed by atoms with Crippen LogP contribution in [0.4, 0.5) is 0 Å². The van der Waals surface area contributed by atoms with E-state index in [0.29, 0.717) is 17.6 Å². The van der Waals surface area contributed by atoms with Crippen LogP contribution in [-0.4, -0.2) is 71.3 Å². The van der Waals surface area contributed by atoms with Crippen LogP contribution in [0.25, 0.3) is 0 Å². The molecule has 0 spiro atoms. The average molecular weight is 327 g/mol. The molecule has 3 fully saturated rings. The average Bonchev–Trinajstić information content (AvgIpc) is 3.04. The number of ether oxygens (including phenoxy) is 1. The Balaban J connectivity index is 1.61. The molecule has 0 radical (unpaired) electrons. The Kier molecular flexibility index (Phi) is 4.66. The first-order valence-electron chi connectivity index (χ1n) is 8.02. The molecule has 1 amide bonds. The largest absolute Gasteiger partial charge is 0.468 e. The van der Waals surface area contributed by atoms with Crippen LogP contribution < -0.4 is 5.32 Å². The number of nitrogens with one attached hydrogen (secondary N) is 1. The van der Waals surface area contributed by atoms with Gasteiger partial charge in [0.2, 0.25) is 5.91 Å². The van der Waals surface area contributed by atoms with Gasteiger partial charge in [0.05, 0.1) is 7.11 Å². The highest BCUT2D eigenvalue weighted by atomic mass is 32.2. The summed E-state index contributed by atoms with van der Waals surface area (Å²) in [7, 11) is 1.46. The summed E-state index contributed by atoms with van der Waals surface area (Å²) in [5.41, 5.74) is 0. The lowest BCUT2D eigenvalue weighted by atomic mass is 9.99. The van der Waals surface area contributed by atoms with Crippen molar-refractivity contribution in [2.75, 3.05) is 26.7 Å². The molecule has 5 atom stereocenters. The fourth-order valence-electron chi connectivity index (χ4n) is 3.72. The number of hydrogen-bond donors (Lipinski definition) is 1. The van der Waals surface area contributed by atoms with Crippen molar-refractivity contribution in [1.82, 2.24) is 15.1 Å². The number of carbonyl (C=O) groups is 2. The molecular weight excluding hydrogens is 302 g/mol. The van der Waals surface area contributed by atoms with Gasteiger partial charge in [0.15, 0.2) is 0 Å². The fraction of sp³-hybridized carbons (Fsp3) is 0.867. The number of methoxy groups -OCH3 is 1. The maximum atomic E-state index is 12.1. The topological polar surface area (TPSA) is 61.9 Å². The van der Waals surface area contributed by atoms with Gasteiger partial charge in [-0.2, -0.15) is 0 Å². The Morgan fingerprint density at radius 2 is 2.18 bits per heavy atom. The van der Waals surface area contributed by atoms with Crippen LogP contribution in [0.1, 0.15) is 26.7 Å². The van der Waals surface area contributed by atoms with E-state index in [0.717, 1.165) is 26.1 Å². The van der Waals surface area contributed by atoms with E-state index in [-0.39, 0.29) is 29.5 Å². The Morgan fingerprint density at radius 1 is 1.41 bits per heavy atom. The molecule has 0 aromatic carbocycles. The van der Waals surface area contributed by atoms with E-state index in [1.165, 1.54) is 7.11 Å². The third kappa shape index (κ3) is 2.98. The number of amides is 1. The van der Waals surface area contributed by atoms with Crippen molar-refractivity contribution in [3.05, 3.63) is 0 Å². The second-order valence-electron chi connectivity index (χ2n) is 6.58. The van der Waals surface area contributed by atoms with Crippen molar-refractivity contribution in [3.8, 4) is 0 Å². The van der Waals surface area contributed by atoms with Crippen LogP contribution >= 0.6 is 11.8 Å². The third-order valence-corrected chi connectivity index (χ3v) is 6.52. The van der Waals surface area contributed by atoms with Crippen molar-refractivity contribution >= 4 is 23.6 Å². The van der Waals surface area contributed by atoms with E-state index in [1.54, 1.807) is 11.8 Å². The van der Waals surface area contributed by atoms with Crippen LogP contribution in [0.3, 0.4) is 0 Å². The minimum absolute atomic E-state index is 0.0330. The second kappa shape index (κ2) is 6.37. The van der Waals surface area contributed by atoms with Crippen LogP contribution in [0.2, 0.25) is 0 Å². The summed E-state index contributed by atoms with van der Waals surface area (Å²) in [4.78, 5) is 28.1. The lowest BCUT2D eigenvalue weighted by Gasteiger charge is -2.38. The first-order valence-corrected chi connectivity index (χ1v) is 8.96. The molecule has 0 bridgehead atoms. The number of rotatable bonds is 3. The van der Waals surface area contributed by atoms with Crippen LogP contribution in [-0.2, 0) is 14.3 Å². The standard InChI is InChI=1S/C15H25N3O3S/c1-9-6-13(19)18-5-4-17(15(18)16-9)8-11-7-12(14(20)21-3)22-10(11)2/h9-12,15-16H,4-8H2,1-3H3. The molecule has 0 aromatic heterocycles. The lowest BCUT2D eigenvalue weighted by Crippen LogP contribution is -2.60. The maximum Gasteiger partial charge on any atom is 0.318 e. The van der Waals surface area contributed by atoms with Gasteiger partial charge in [-0.05, 0) is 19.3 Å². The van der Waals surface area contributed by atoms with E-state index in [1.807, 2.05) is 4.90 Å². The molecule has 3 aliphatic rings. The number of nitrogens with zero attached hydrogens (tertiary/aromatic N) is 2. The molecule has 3 heterocycles. The highest BCUT2D eigenvalue weighted by Crippen LogP contribution is 2.39. The van der Waals surface area contributed by atoms with Crippen molar-refractivity contribution in [2.45, 2.75) is 49.5 Å². The molecule has 5 unspecified atom stereocenters. The summed E-state index contributed by atoms with van der Waals surface area (Å²) < 4.78 is 4.88. The number of thioether (sulfide) groups is 1. The number of esters is 1. The Bertz CT molecular complexity index is 461. The van der Waals surface area contributed by atoms with Crippen molar-refractivity contribution in [1.29, 1.82) is 0 Å². The summed E-state index contributed by atoms with van der Waals surface area (Å²) in [5.74, 6) is 0.602. The monoisotopic (exact) mass is 327 g/mol. The lowest BCUT2D eigenvalue weighted by molar-refractivity contribution is -0.140. The zero-order chi connectivity index (χ0) is 15.9. The first-order chi connectivity index (χ1) is 10.5. The molecule has 0 saturated carbocycles. The summed E-state index contributed by atoms with van der Waals surface area (Å²) in [6.45, 7) is 6.89.